The van der Waals surface area contributed by atoms with Crippen molar-refractivity contribution in [3.63, 3.8) is 0 Å². The first kappa shape index (κ1) is 15.4. The fraction of sp³-hybridized carbons (Fsp3) is 0.118. The van der Waals surface area contributed by atoms with E-state index in [2.05, 4.69) is 0 Å². The van der Waals surface area contributed by atoms with Crippen molar-refractivity contribution >= 4 is 17.7 Å². The molecule has 0 amide bonds. The normalized spacial score (nSPS) is 10.6. The third-order valence-corrected chi connectivity index (χ3v) is 3.06. The van der Waals surface area contributed by atoms with Crippen LogP contribution in [-0.2, 0) is 4.74 Å². The van der Waals surface area contributed by atoms with E-state index >= 15 is 0 Å². The molecule has 112 valence electrons. The Balaban J connectivity index is 2.03. The van der Waals surface area contributed by atoms with Gasteiger partial charge in [0.1, 0.15) is 12.2 Å². The van der Waals surface area contributed by atoms with Crippen LogP contribution < -0.4 is 0 Å². The number of nitro groups is 1. The van der Waals surface area contributed by atoms with Gasteiger partial charge in [0.25, 0.3) is 5.69 Å². The summed E-state index contributed by atoms with van der Waals surface area (Å²) < 4.78 is 5.07. The standard InChI is InChI=1S/C17H15NO4/c1-13-7-5-11-15(16(13)18(20)21)17(19)22-12-6-10-14-8-3-2-4-9-14/h2-11H,12H2,1H3/b10-6+. The Bertz CT molecular complexity index is 708. The second-order valence-corrected chi connectivity index (χ2v) is 4.64. The number of hydrogen-bond acceptors (Lipinski definition) is 4. The Hall–Kier alpha value is -2.95. The van der Waals surface area contributed by atoms with Crippen LogP contribution in [0, 0.1) is 17.0 Å². The average molecular weight is 297 g/mol. The topological polar surface area (TPSA) is 69.4 Å². The first-order valence-corrected chi connectivity index (χ1v) is 6.72. The largest absolute Gasteiger partial charge is 0.458 e. The number of nitrogens with zero attached hydrogens (tertiary/aromatic N) is 1. The first-order chi connectivity index (χ1) is 10.6. The van der Waals surface area contributed by atoms with Gasteiger partial charge in [-0.25, -0.2) is 4.79 Å². The highest BCUT2D eigenvalue weighted by atomic mass is 16.6. The van der Waals surface area contributed by atoms with Crippen LogP contribution in [-0.4, -0.2) is 17.5 Å². The van der Waals surface area contributed by atoms with Crippen molar-refractivity contribution in [3.05, 3.63) is 81.4 Å². The molecule has 0 atom stereocenters. The van der Waals surface area contributed by atoms with E-state index in [1.807, 2.05) is 36.4 Å². The number of carbonyl (C=O) groups is 1. The third-order valence-electron chi connectivity index (χ3n) is 3.06. The van der Waals surface area contributed by atoms with E-state index < -0.39 is 10.9 Å². The van der Waals surface area contributed by atoms with Gasteiger partial charge >= 0.3 is 5.97 Å². The van der Waals surface area contributed by atoms with E-state index in [-0.39, 0.29) is 17.9 Å². The lowest BCUT2D eigenvalue weighted by Gasteiger charge is -2.04. The molecule has 0 heterocycles. The van der Waals surface area contributed by atoms with Gasteiger partial charge in [0, 0.05) is 5.56 Å². The summed E-state index contributed by atoms with van der Waals surface area (Å²) in [4.78, 5) is 22.5. The number of carbonyl (C=O) groups excluding carboxylic acids is 1. The van der Waals surface area contributed by atoms with Gasteiger partial charge in [-0.05, 0) is 24.6 Å². The molecule has 0 aromatic heterocycles. The fourth-order valence-corrected chi connectivity index (χ4v) is 2.02. The molecule has 0 spiro atoms. The van der Waals surface area contributed by atoms with Gasteiger partial charge in [-0.15, -0.1) is 0 Å². The van der Waals surface area contributed by atoms with E-state index in [4.69, 9.17) is 4.74 Å². The van der Waals surface area contributed by atoms with E-state index in [9.17, 15) is 14.9 Å². The van der Waals surface area contributed by atoms with Crippen LogP contribution in [0.5, 0.6) is 0 Å². The zero-order valence-electron chi connectivity index (χ0n) is 12.1. The lowest BCUT2D eigenvalue weighted by Crippen LogP contribution is -2.09. The lowest BCUT2D eigenvalue weighted by atomic mass is 10.1. The van der Waals surface area contributed by atoms with Crippen LogP contribution in [0.25, 0.3) is 6.08 Å². The van der Waals surface area contributed by atoms with Crippen molar-refractivity contribution < 1.29 is 14.5 Å². The van der Waals surface area contributed by atoms with Gasteiger partial charge in [-0.1, -0.05) is 48.5 Å². The van der Waals surface area contributed by atoms with Crippen LogP contribution >= 0.6 is 0 Å². The molecule has 0 saturated heterocycles. The number of hydrogen-bond donors (Lipinski definition) is 0. The number of nitro benzene ring substituents is 1. The third kappa shape index (κ3) is 3.79. The van der Waals surface area contributed by atoms with Gasteiger partial charge < -0.3 is 4.74 Å². The molecular formula is C17H15NO4. The summed E-state index contributed by atoms with van der Waals surface area (Å²) in [5.41, 5.74) is 1.18. The molecule has 0 aliphatic heterocycles. The molecule has 0 bridgehead atoms. The maximum atomic E-state index is 12.0. The zero-order chi connectivity index (χ0) is 15.9. The van der Waals surface area contributed by atoms with Crippen LogP contribution in [0.15, 0.2) is 54.6 Å². The lowest BCUT2D eigenvalue weighted by molar-refractivity contribution is -0.385. The van der Waals surface area contributed by atoms with Crippen LogP contribution in [0.1, 0.15) is 21.5 Å². The van der Waals surface area contributed by atoms with Gasteiger partial charge in [0.05, 0.1) is 4.92 Å². The second-order valence-electron chi connectivity index (χ2n) is 4.64. The Labute approximate surface area is 128 Å². The molecule has 0 fully saturated rings. The smallest absolute Gasteiger partial charge is 0.345 e. The number of para-hydroxylation sites is 1. The summed E-state index contributed by atoms with van der Waals surface area (Å²) in [5, 5.41) is 11.0. The highest BCUT2D eigenvalue weighted by Gasteiger charge is 2.23. The van der Waals surface area contributed by atoms with Crippen molar-refractivity contribution in [2.24, 2.45) is 0 Å². The number of benzene rings is 2. The molecule has 0 N–H and O–H groups in total. The molecule has 0 aliphatic rings. The molecule has 2 rings (SSSR count). The minimum absolute atomic E-state index is 0.0295. The molecular weight excluding hydrogens is 282 g/mol. The van der Waals surface area contributed by atoms with Crippen molar-refractivity contribution in [1.29, 1.82) is 0 Å². The Kier molecular flexibility index (Phi) is 5.03. The summed E-state index contributed by atoms with van der Waals surface area (Å²) in [6, 6.07) is 14.1. The zero-order valence-corrected chi connectivity index (χ0v) is 12.1. The molecule has 0 radical (unpaired) electrons. The number of aryl methyl sites for hydroxylation is 1. The highest BCUT2D eigenvalue weighted by Crippen LogP contribution is 2.23. The number of esters is 1. The van der Waals surface area contributed by atoms with Crippen LogP contribution in [0.4, 0.5) is 5.69 Å². The van der Waals surface area contributed by atoms with E-state index in [0.29, 0.717) is 5.56 Å². The molecule has 22 heavy (non-hydrogen) atoms. The van der Waals surface area contributed by atoms with Crippen LogP contribution in [0.3, 0.4) is 0 Å². The quantitative estimate of drug-likeness (QED) is 0.478. The molecule has 0 aliphatic carbocycles. The van der Waals surface area contributed by atoms with Gasteiger partial charge in [0.15, 0.2) is 0 Å². The SMILES string of the molecule is Cc1cccc(C(=O)OC/C=C/c2ccccc2)c1[N+](=O)[O-]. The maximum Gasteiger partial charge on any atom is 0.345 e. The van der Waals surface area contributed by atoms with E-state index in [1.165, 1.54) is 6.07 Å². The monoisotopic (exact) mass is 297 g/mol. The Morgan fingerprint density at radius 3 is 2.59 bits per heavy atom. The van der Waals surface area contributed by atoms with Gasteiger partial charge in [-0.2, -0.15) is 0 Å². The minimum Gasteiger partial charge on any atom is -0.458 e. The Morgan fingerprint density at radius 2 is 1.91 bits per heavy atom. The maximum absolute atomic E-state index is 12.0. The second kappa shape index (κ2) is 7.17. The minimum atomic E-state index is -0.701. The summed E-state index contributed by atoms with van der Waals surface area (Å²) in [6.45, 7) is 1.64. The molecule has 2 aromatic carbocycles. The molecule has 2 aromatic rings. The Morgan fingerprint density at radius 1 is 1.18 bits per heavy atom. The molecule has 5 nitrogen and oxygen atoms in total. The van der Waals surface area contributed by atoms with Crippen molar-refractivity contribution in [2.45, 2.75) is 6.92 Å². The van der Waals surface area contributed by atoms with Gasteiger partial charge in [0.2, 0.25) is 0 Å². The van der Waals surface area contributed by atoms with Crippen molar-refractivity contribution in [2.75, 3.05) is 6.61 Å². The summed E-state index contributed by atoms with van der Waals surface area (Å²) >= 11 is 0. The van der Waals surface area contributed by atoms with E-state index in [1.54, 1.807) is 25.1 Å². The predicted molar refractivity (Wildman–Crippen MR) is 83.6 cm³/mol. The van der Waals surface area contributed by atoms with Gasteiger partial charge in [-0.3, -0.25) is 10.1 Å². The fourth-order valence-electron chi connectivity index (χ4n) is 2.02. The summed E-state index contributed by atoms with van der Waals surface area (Å²) in [5.74, 6) is -0.701. The van der Waals surface area contributed by atoms with Crippen LogP contribution in [0.2, 0.25) is 0 Å². The first-order valence-electron chi connectivity index (χ1n) is 6.72. The van der Waals surface area contributed by atoms with Crippen molar-refractivity contribution in [1.82, 2.24) is 0 Å². The number of ether oxygens (including phenoxy) is 1. The number of rotatable bonds is 5. The summed E-state index contributed by atoms with van der Waals surface area (Å²) in [6.07, 6.45) is 3.51. The average Bonchev–Trinajstić information content (AvgIpc) is 2.51. The summed E-state index contributed by atoms with van der Waals surface area (Å²) in [7, 11) is 0. The van der Waals surface area contributed by atoms with Crippen molar-refractivity contribution in [3.8, 4) is 0 Å². The highest BCUT2D eigenvalue weighted by molar-refractivity contribution is 5.94. The molecule has 5 heteroatoms. The van der Waals surface area contributed by atoms with E-state index in [0.717, 1.165) is 5.56 Å². The molecule has 0 saturated carbocycles. The predicted octanol–water partition coefficient (Wildman–Crippen LogP) is 3.77. The molecule has 0 unspecified atom stereocenters.